The second-order valence-corrected chi connectivity index (χ2v) is 3.55. The number of nitrogens with zero attached hydrogens (tertiary/aromatic N) is 1. The number of aromatic nitrogens is 2. The Morgan fingerprint density at radius 3 is 2.45 bits per heavy atom. The van der Waals surface area contributed by atoms with Gasteiger partial charge in [-0.3, -0.25) is 5.10 Å². The Morgan fingerprint density at radius 1 is 1.45 bits per heavy atom. The van der Waals surface area contributed by atoms with Crippen molar-refractivity contribution in [2.45, 2.75) is 26.7 Å². The molecule has 0 aliphatic heterocycles. The van der Waals surface area contributed by atoms with Gasteiger partial charge in [-0.25, -0.2) is 0 Å². The van der Waals surface area contributed by atoms with Crippen LogP contribution in [0.15, 0.2) is 6.20 Å². The van der Waals surface area contributed by atoms with Crippen LogP contribution in [-0.4, -0.2) is 10.2 Å². The van der Waals surface area contributed by atoms with Crippen molar-refractivity contribution in [1.29, 1.82) is 0 Å². The summed E-state index contributed by atoms with van der Waals surface area (Å²) in [4.78, 5) is 0. The Bertz CT molecular complexity index is 230. The first-order chi connectivity index (χ1) is 5.13. The van der Waals surface area contributed by atoms with Gasteiger partial charge in [-0.1, -0.05) is 32.4 Å². The average Bonchev–Trinajstić information content (AvgIpc) is 2.33. The number of hydrogen-bond acceptors (Lipinski definition) is 1. The van der Waals surface area contributed by atoms with Crippen LogP contribution in [0.4, 0.5) is 0 Å². The van der Waals surface area contributed by atoms with Crippen molar-refractivity contribution in [2.75, 3.05) is 0 Å². The highest BCUT2D eigenvalue weighted by Gasteiger charge is 2.14. The van der Waals surface area contributed by atoms with E-state index in [0.29, 0.717) is 17.0 Å². The van der Waals surface area contributed by atoms with Crippen molar-refractivity contribution in [2.24, 2.45) is 5.92 Å². The lowest BCUT2D eigenvalue weighted by Crippen LogP contribution is -2.00. The fourth-order valence-electron chi connectivity index (χ4n) is 0.956. The summed E-state index contributed by atoms with van der Waals surface area (Å²) in [5.41, 5.74) is 1.11. The number of hydrogen-bond donors (Lipinski definition) is 1. The molecule has 1 rings (SSSR count). The van der Waals surface area contributed by atoms with E-state index in [-0.39, 0.29) is 0 Å². The highest BCUT2D eigenvalue weighted by atomic mass is 35.5. The molecule has 2 nitrogen and oxygen atoms in total. The van der Waals surface area contributed by atoms with E-state index in [4.69, 9.17) is 11.6 Å². The summed E-state index contributed by atoms with van der Waals surface area (Å²) < 4.78 is 0. The normalized spacial score (nSPS) is 13.9. The summed E-state index contributed by atoms with van der Waals surface area (Å²) in [5, 5.41) is 7.26. The number of halogens is 1. The third-order valence-electron chi connectivity index (χ3n) is 2.11. The van der Waals surface area contributed by atoms with E-state index in [0.717, 1.165) is 5.56 Å². The van der Waals surface area contributed by atoms with Gasteiger partial charge in [0.25, 0.3) is 0 Å². The van der Waals surface area contributed by atoms with Crippen molar-refractivity contribution >= 4 is 11.6 Å². The maximum absolute atomic E-state index is 5.86. The standard InChI is InChI=1S/C8H13ClN2/c1-5(2)6(3)7-4-10-11-8(7)9/h4-6H,1-3H3,(H,10,11). The monoisotopic (exact) mass is 172 g/mol. The molecule has 0 spiro atoms. The molecule has 1 atom stereocenters. The van der Waals surface area contributed by atoms with E-state index in [1.54, 1.807) is 6.20 Å². The molecule has 62 valence electrons. The van der Waals surface area contributed by atoms with Gasteiger partial charge >= 0.3 is 0 Å². The van der Waals surface area contributed by atoms with E-state index < -0.39 is 0 Å². The second kappa shape index (κ2) is 3.26. The Labute approximate surface area is 72.0 Å². The van der Waals surface area contributed by atoms with Crippen LogP contribution in [0.1, 0.15) is 32.3 Å². The van der Waals surface area contributed by atoms with Crippen LogP contribution >= 0.6 is 11.6 Å². The largest absolute Gasteiger partial charge is 0.267 e. The van der Waals surface area contributed by atoms with Gasteiger partial charge in [-0.05, 0) is 11.8 Å². The van der Waals surface area contributed by atoms with Crippen molar-refractivity contribution in [1.82, 2.24) is 10.2 Å². The van der Waals surface area contributed by atoms with Gasteiger partial charge in [-0.15, -0.1) is 0 Å². The molecule has 0 amide bonds. The highest BCUT2D eigenvalue weighted by molar-refractivity contribution is 6.30. The van der Waals surface area contributed by atoms with Crippen LogP contribution in [0.25, 0.3) is 0 Å². The molecule has 0 aromatic carbocycles. The van der Waals surface area contributed by atoms with Gasteiger partial charge in [0.2, 0.25) is 0 Å². The van der Waals surface area contributed by atoms with Crippen LogP contribution in [0, 0.1) is 5.92 Å². The van der Waals surface area contributed by atoms with Crippen molar-refractivity contribution < 1.29 is 0 Å². The summed E-state index contributed by atoms with van der Waals surface area (Å²) in [6.45, 7) is 6.50. The third kappa shape index (κ3) is 1.74. The zero-order chi connectivity index (χ0) is 8.43. The van der Waals surface area contributed by atoms with Crippen LogP contribution in [0.5, 0.6) is 0 Å². The predicted molar refractivity (Wildman–Crippen MR) is 46.9 cm³/mol. The summed E-state index contributed by atoms with van der Waals surface area (Å²) in [5.74, 6) is 1.08. The third-order valence-corrected chi connectivity index (χ3v) is 2.41. The molecule has 11 heavy (non-hydrogen) atoms. The summed E-state index contributed by atoms with van der Waals surface area (Å²) >= 11 is 5.86. The zero-order valence-electron chi connectivity index (χ0n) is 7.06. The minimum absolute atomic E-state index is 0.473. The maximum atomic E-state index is 5.86. The minimum atomic E-state index is 0.473. The van der Waals surface area contributed by atoms with E-state index >= 15 is 0 Å². The molecule has 1 aromatic rings. The Morgan fingerprint density at radius 2 is 2.09 bits per heavy atom. The topological polar surface area (TPSA) is 28.7 Å². The van der Waals surface area contributed by atoms with Crippen LogP contribution < -0.4 is 0 Å². The first-order valence-electron chi connectivity index (χ1n) is 3.81. The van der Waals surface area contributed by atoms with Crippen molar-refractivity contribution in [3.05, 3.63) is 16.9 Å². The van der Waals surface area contributed by atoms with Gasteiger partial charge in [-0.2, -0.15) is 5.10 Å². The van der Waals surface area contributed by atoms with E-state index in [9.17, 15) is 0 Å². The molecule has 0 bridgehead atoms. The number of rotatable bonds is 2. The lowest BCUT2D eigenvalue weighted by Gasteiger charge is -2.13. The first-order valence-corrected chi connectivity index (χ1v) is 4.19. The Balaban J connectivity index is 2.84. The molecule has 1 N–H and O–H groups in total. The predicted octanol–water partition coefficient (Wildman–Crippen LogP) is 2.82. The molecule has 1 heterocycles. The van der Waals surface area contributed by atoms with Gasteiger partial charge in [0.15, 0.2) is 0 Å². The van der Waals surface area contributed by atoms with Crippen LogP contribution in [-0.2, 0) is 0 Å². The number of aromatic amines is 1. The van der Waals surface area contributed by atoms with Crippen LogP contribution in [0.2, 0.25) is 5.15 Å². The molecule has 3 heteroatoms. The molecule has 0 fully saturated rings. The quantitative estimate of drug-likeness (QED) is 0.730. The Hall–Kier alpha value is -0.500. The summed E-state index contributed by atoms with van der Waals surface area (Å²) in [6, 6.07) is 0. The molecule has 1 unspecified atom stereocenters. The van der Waals surface area contributed by atoms with Gasteiger partial charge in [0.05, 0.1) is 6.20 Å². The molecule has 0 saturated carbocycles. The highest BCUT2D eigenvalue weighted by Crippen LogP contribution is 2.27. The van der Waals surface area contributed by atoms with Crippen molar-refractivity contribution in [3.63, 3.8) is 0 Å². The van der Waals surface area contributed by atoms with Gasteiger partial charge in [0, 0.05) is 5.56 Å². The van der Waals surface area contributed by atoms with Gasteiger partial charge in [0.1, 0.15) is 5.15 Å². The minimum Gasteiger partial charge on any atom is -0.267 e. The maximum Gasteiger partial charge on any atom is 0.127 e. The van der Waals surface area contributed by atoms with Crippen LogP contribution in [0.3, 0.4) is 0 Å². The SMILES string of the molecule is CC(C)C(C)c1cn[nH]c1Cl. The lowest BCUT2D eigenvalue weighted by molar-refractivity contribution is 0.535. The fourth-order valence-corrected chi connectivity index (χ4v) is 1.23. The molecule has 1 aromatic heterocycles. The van der Waals surface area contributed by atoms with E-state index in [1.165, 1.54) is 0 Å². The van der Waals surface area contributed by atoms with Crippen molar-refractivity contribution in [3.8, 4) is 0 Å². The molecule has 0 aliphatic carbocycles. The van der Waals surface area contributed by atoms with Gasteiger partial charge < -0.3 is 0 Å². The van der Waals surface area contributed by atoms with E-state index in [1.807, 2.05) is 0 Å². The molecular formula is C8H13ClN2. The Kier molecular flexibility index (Phi) is 2.55. The smallest absolute Gasteiger partial charge is 0.127 e. The number of nitrogens with one attached hydrogen (secondary N) is 1. The second-order valence-electron chi connectivity index (χ2n) is 3.17. The fraction of sp³-hybridized carbons (Fsp3) is 0.625. The zero-order valence-corrected chi connectivity index (χ0v) is 7.81. The number of H-pyrrole nitrogens is 1. The molecular weight excluding hydrogens is 160 g/mol. The molecule has 0 aliphatic rings. The molecule has 0 radical (unpaired) electrons. The first kappa shape index (κ1) is 8.60. The summed E-state index contributed by atoms with van der Waals surface area (Å²) in [6.07, 6.45) is 1.80. The average molecular weight is 173 g/mol. The molecule has 0 saturated heterocycles. The van der Waals surface area contributed by atoms with E-state index in [2.05, 4.69) is 31.0 Å². The summed E-state index contributed by atoms with van der Waals surface area (Å²) in [7, 11) is 0. The lowest BCUT2D eigenvalue weighted by atomic mass is 9.93.